The molecule has 4 heteroatoms. The highest BCUT2D eigenvalue weighted by Gasteiger charge is 2.10. The smallest absolute Gasteiger partial charge is 0.220 e. The van der Waals surface area contributed by atoms with E-state index in [0.29, 0.717) is 6.42 Å². The van der Waals surface area contributed by atoms with Crippen LogP contribution in [0.2, 0.25) is 5.02 Å². The number of nitrogens with two attached hydrogens (primary N) is 1. The van der Waals surface area contributed by atoms with Crippen LogP contribution in [0.5, 0.6) is 0 Å². The number of halogens is 1. The highest BCUT2D eigenvalue weighted by Crippen LogP contribution is 2.16. The van der Waals surface area contributed by atoms with E-state index in [9.17, 15) is 4.79 Å². The van der Waals surface area contributed by atoms with Gasteiger partial charge in [0.1, 0.15) is 0 Å². The molecule has 1 aromatic carbocycles. The summed E-state index contributed by atoms with van der Waals surface area (Å²) in [6, 6.07) is 7.97. The van der Waals surface area contributed by atoms with Crippen molar-refractivity contribution in [2.75, 3.05) is 0 Å². The molecule has 0 saturated carbocycles. The monoisotopic (exact) mass is 282 g/mol. The average Bonchev–Trinajstić information content (AvgIpc) is 2.31. The van der Waals surface area contributed by atoms with Crippen LogP contribution in [0.1, 0.15) is 38.7 Å². The second-order valence-electron chi connectivity index (χ2n) is 5.13. The van der Waals surface area contributed by atoms with Gasteiger partial charge in [-0.3, -0.25) is 4.79 Å². The Hall–Kier alpha value is -1.06. The van der Waals surface area contributed by atoms with Crippen molar-refractivity contribution in [3.63, 3.8) is 0 Å². The summed E-state index contributed by atoms with van der Waals surface area (Å²) in [7, 11) is 0. The van der Waals surface area contributed by atoms with E-state index < -0.39 is 0 Å². The van der Waals surface area contributed by atoms with Gasteiger partial charge in [0, 0.05) is 23.5 Å². The Bertz CT molecular complexity index is 407. The number of carbonyl (C=O) groups is 1. The van der Waals surface area contributed by atoms with Crippen molar-refractivity contribution in [2.24, 2.45) is 5.73 Å². The minimum atomic E-state index is 0.0835. The largest absolute Gasteiger partial charge is 0.353 e. The zero-order valence-corrected chi connectivity index (χ0v) is 12.4. The molecule has 1 rings (SSSR count). The molecule has 0 spiro atoms. The van der Waals surface area contributed by atoms with Crippen molar-refractivity contribution in [3.8, 4) is 0 Å². The average molecular weight is 283 g/mol. The molecule has 0 radical (unpaired) electrons. The SMILES string of the molecule is CC(N)CCCC(=O)NC(C)Cc1ccccc1Cl. The van der Waals surface area contributed by atoms with Crippen molar-refractivity contribution in [3.05, 3.63) is 34.9 Å². The lowest BCUT2D eigenvalue weighted by atomic mass is 10.1. The Balaban J connectivity index is 2.33. The fourth-order valence-electron chi connectivity index (χ4n) is 1.98. The number of rotatable bonds is 7. The predicted octanol–water partition coefficient (Wildman–Crippen LogP) is 2.90. The first-order chi connectivity index (χ1) is 8.99. The van der Waals surface area contributed by atoms with Gasteiger partial charge in [-0.05, 0) is 44.7 Å². The van der Waals surface area contributed by atoms with E-state index in [4.69, 9.17) is 17.3 Å². The summed E-state index contributed by atoms with van der Waals surface area (Å²) >= 11 is 6.10. The van der Waals surface area contributed by atoms with Gasteiger partial charge in [0.2, 0.25) is 5.91 Å². The van der Waals surface area contributed by atoms with Gasteiger partial charge in [0.05, 0.1) is 0 Å². The van der Waals surface area contributed by atoms with Crippen LogP contribution in [0.15, 0.2) is 24.3 Å². The van der Waals surface area contributed by atoms with Gasteiger partial charge < -0.3 is 11.1 Å². The lowest BCUT2D eigenvalue weighted by Gasteiger charge is -2.15. The van der Waals surface area contributed by atoms with E-state index in [1.165, 1.54) is 0 Å². The van der Waals surface area contributed by atoms with E-state index >= 15 is 0 Å². The minimum absolute atomic E-state index is 0.0835. The van der Waals surface area contributed by atoms with Crippen LogP contribution >= 0.6 is 11.6 Å². The number of carbonyl (C=O) groups excluding carboxylic acids is 1. The van der Waals surface area contributed by atoms with E-state index in [0.717, 1.165) is 29.8 Å². The number of nitrogens with one attached hydrogen (secondary N) is 1. The van der Waals surface area contributed by atoms with Crippen molar-refractivity contribution in [1.29, 1.82) is 0 Å². The molecule has 0 aliphatic carbocycles. The van der Waals surface area contributed by atoms with E-state index in [1.54, 1.807) is 0 Å². The molecule has 19 heavy (non-hydrogen) atoms. The first kappa shape index (κ1) is 16.0. The molecule has 0 fully saturated rings. The first-order valence-electron chi connectivity index (χ1n) is 6.77. The number of hydrogen-bond acceptors (Lipinski definition) is 2. The summed E-state index contributed by atoms with van der Waals surface area (Å²) in [6.07, 6.45) is 3.00. The van der Waals surface area contributed by atoms with E-state index in [1.807, 2.05) is 38.1 Å². The van der Waals surface area contributed by atoms with Crippen molar-refractivity contribution in [1.82, 2.24) is 5.32 Å². The number of hydrogen-bond donors (Lipinski definition) is 2. The van der Waals surface area contributed by atoms with Crippen molar-refractivity contribution < 1.29 is 4.79 Å². The normalized spacial score (nSPS) is 13.9. The summed E-state index contributed by atoms with van der Waals surface area (Å²) in [5.74, 6) is 0.0835. The minimum Gasteiger partial charge on any atom is -0.353 e. The highest BCUT2D eigenvalue weighted by molar-refractivity contribution is 6.31. The van der Waals surface area contributed by atoms with E-state index in [2.05, 4.69) is 5.32 Å². The molecule has 3 N–H and O–H groups in total. The fourth-order valence-corrected chi connectivity index (χ4v) is 2.19. The topological polar surface area (TPSA) is 55.1 Å². The van der Waals surface area contributed by atoms with Gasteiger partial charge in [-0.15, -0.1) is 0 Å². The molecule has 106 valence electrons. The van der Waals surface area contributed by atoms with Crippen molar-refractivity contribution >= 4 is 17.5 Å². The molecular weight excluding hydrogens is 260 g/mol. The molecule has 0 saturated heterocycles. The van der Waals surface area contributed by atoms with Crippen LogP contribution in [-0.2, 0) is 11.2 Å². The van der Waals surface area contributed by atoms with Crippen LogP contribution in [-0.4, -0.2) is 18.0 Å². The quantitative estimate of drug-likeness (QED) is 0.808. The Morgan fingerprint density at radius 1 is 1.37 bits per heavy atom. The Morgan fingerprint density at radius 3 is 2.68 bits per heavy atom. The zero-order valence-electron chi connectivity index (χ0n) is 11.7. The van der Waals surface area contributed by atoms with Gasteiger partial charge in [0.25, 0.3) is 0 Å². The lowest BCUT2D eigenvalue weighted by Crippen LogP contribution is -2.34. The molecule has 0 bridgehead atoms. The summed E-state index contributed by atoms with van der Waals surface area (Å²) < 4.78 is 0. The lowest BCUT2D eigenvalue weighted by molar-refractivity contribution is -0.121. The van der Waals surface area contributed by atoms with Gasteiger partial charge in [-0.2, -0.15) is 0 Å². The standard InChI is InChI=1S/C15H23ClN2O/c1-11(17)6-5-9-15(19)18-12(2)10-13-7-3-4-8-14(13)16/h3-4,7-8,11-12H,5-6,9-10,17H2,1-2H3,(H,18,19). The second-order valence-corrected chi connectivity index (χ2v) is 5.54. The van der Waals surface area contributed by atoms with Gasteiger partial charge in [-0.25, -0.2) is 0 Å². The summed E-state index contributed by atoms with van der Waals surface area (Å²) in [4.78, 5) is 11.7. The molecule has 0 aliphatic heterocycles. The third-order valence-corrected chi connectivity index (χ3v) is 3.32. The molecule has 3 nitrogen and oxygen atoms in total. The first-order valence-corrected chi connectivity index (χ1v) is 7.15. The molecule has 1 amide bonds. The molecule has 1 aromatic rings. The third-order valence-electron chi connectivity index (χ3n) is 2.95. The molecule has 2 unspecified atom stereocenters. The van der Waals surface area contributed by atoms with Gasteiger partial charge in [0.15, 0.2) is 0 Å². The summed E-state index contributed by atoms with van der Waals surface area (Å²) in [5.41, 5.74) is 6.71. The molecular formula is C15H23ClN2O. The molecule has 0 aliphatic rings. The Kier molecular flexibility index (Phi) is 6.89. The Morgan fingerprint density at radius 2 is 2.05 bits per heavy atom. The van der Waals surface area contributed by atoms with Crippen molar-refractivity contribution in [2.45, 2.75) is 51.6 Å². The maximum absolute atomic E-state index is 11.7. The van der Waals surface area contributed by atoms with Crippen LogP contribution in [0.3, 0.4) is 0 Å². The predicted molar refractivity (Wildman–Crippen MR) is 80.3 cm³/mol. The summed E-state index contributed by atoms with van der Waals surface area (Å²) in [5, 5.41) is 3.74. The zero-order chi connectivity index (χ0) is 14.3. The summed E-state index contributed by atoms with van der Waals surface area (Å²) in [6.45, 7) is 3.95. The van der Waals surface area contributed by atoms with Gasteiger partial charge >= 0.3 is 0 Å². The number of benzene rings is 1. The highest BCUT2D eigenvalue weighted by atomic mass is 35.5. The number of amides is 1. The van der Waals surface area contributed by atoms with Crippen LogP contribution in [0.25, 0.3) is 0 Å². The second kappa shape index (κ2) is 8.18. The third kappa shape index (κ3) is 6.60. The van der Waals surface area contributed by atoms with Crippen LogP contribution in [0, 0.1) is 0 Å². The van der Waals surface area contributed by atoms with E-state index in [-0.39, 0.29) is 18.0 Å². The molecule has 0 heterocycles. The molecule has 0 aromatic heterocycles. The van der Waals surface area contributed by atoms with Crippen LogP contribution in [0.4, 0.5) is 0 Å². The van der Waals surface area contributed by atoms with Gasteiger partial charge in [-0.1, -0.05) is 29.8 Å². The molecule has 2 atom stereocenters. The fraction of sp³-hybridized carbons (Fsp3) is 0.533. The van der Waals surface area contributed by atoms with Crippen LogP contribution < -0.4 is 11.1 Å². The maximum Gasteiger partial charge on any atom is 0.220 e. The maximum atomic E-state index is 11.7. The Labute approximate surface area is 120 Å².